The molecule has 1 aliphatic rings. The van der Waals surface area contributed by atoms with Gasteiger partial charge in [-0.3, -0.25) is 43.3 Å². The molecule has 20 nitrogen and oxygen atoms in total. The van der Waals surface area contributed by atoms with Crippen molar-refractivity contribution in [1.82, 2.24) is 42.2 Å². The number of H-pyrrole nitrogens is 1. The zero-order chi connectivity index (χ0) is 52.0. The number of carbonyl (C=O) groups excluding carboxylic acids is 8. The number of amides is 8. The molecule has 4 aromatic rings. The third kappa shape index (κ3) is 17.7. The molecule has 14 N–H and O–H groups in total. The average Bonchev–Trinajstić information content (AvgIpc) is 3.76. The number of para-hydroxylation sites is 1. The van der Waals surface area contributed by atoms with Crippen molar-refractivity contribution in [2.75, 3.05) is 13.1 Å². The number of halogens is 1. The quantitative estimate of drug-likeness (QED) is 0.0523. The summed E-state index contributed by atoms with van der Waals surface area (Å²) in [5.41, 5.74) is 20.3. The van der Waals surface area contributed by atoms with E-state index in [1.165, 1.54) is 0 Å². The van der Waals surface area contributed by atoms with Gasteiger partial charge in [-0.25, -0.2) is 0 Å². The van der Waals surface area contributed by atoms with E-state index in [-0.39, 0.29) is 83.4 Å². The summed E-state index contributed by atoms with van der Waals surface area (Å²) >= 11 is 6.69. The standard InChI is InChI=1S/C51H67ClN12O8/c1-2-3-21-43(65)61-42-28-45(67)56-24-10-9-19-38(46(53)68)62-50(72)41(27-33-30-58-37-18-8-7-16-35(33)37)64-48(70)39(20-12-25-57-51(54)55)63-49(71)40(26-31-13-5-4-6-14-31)60-44(66)23-22-34-32(29-59-47(42)69)15-11-17-36(34)52/h4-8,11,13-18,30,38-42,58H,2-3,9-10,12,19-29H2,1H3,(H2,53,68)(H,56,67)(H,59,69)(H,60,66)(H,61,65)(H,62,72)(H,63,71)(H,64,70)(H4,54,55,57)/t38-,39-,40+,41-,42-/m0/s1. The Balaban J connectivity index is 1.49. The van der Waals surface area contributed by atoms with E-state index in [0.29, 0.717) is 46.5 Å². The molecule has 72 heavy (non-hydrogen) atoms. The minimum atomic E-state index is -1.29. The maximum atomic E-state index is 14.5. The molecule has 0 saturated heterocycles. The summed E-state index contributed by atoms with van der Waals surface area (Å²) in [5, 5.41) is 20.6. The number of carbonyl (C=O) groups is 8. The molecule has 2 heterocycles. The predicted molar refractivity (Wildman–Crippen MR) is 274 cm³/mol. The number of primary amides is 1. The largest absolute Gasteiger partial charge is 0.370 e. The van der Waals surface area contributed by atoms with E-state index >= 15 is 0 Å². The first kappa shape index (κ1) is 55.4. The molecule has 0 unspecified atom stereocenters. The van der Waals surface area contributed by atoms with E-state index in [4.69, 9.17) is 28.8 Å². The van der Waals surface area contributed by atoms with Gasteiger partial charge in [-0.05, 0) is 79.3 Å². The molecule has 5 atom stereocenters. The number of aromatic nitrogens is 1. The lowest BCUT2D eigenvalue weighted by Crippen LogP contribution is -2.58. The van der Waals surface area contributed by atoms with Crippen LogP contribution in [-0.2, 0) is 64.2 Å². The first-order chi connectivity index (χ1) is 34.6. The van der Waals surface area contributed by atoms with Gasteiger partial charge in [0.15, 0.2) is 5.96 Å². The Morgan fingerprint density at radius 2 is 1.44 bits per heavy atom. The third-order valence-corrected chi connectivity index (χ3v) is 12.6. The van der Waals surface area contributed by atoms with E-state index in [9.17, 15) is 38.4 Å². The van der Waals surface area contributed by atoms with Gasteiger partial charge in [0, 0.05) is 67.4 Å². The highest BCUT2D eigenvalue weighted by atomic mass is 35.5. The monoisotopic (exact) mass is 1010 g/mol. The number of rotatable bonds is 13. The first-order valence-electron chi connectivity index (χ1n) is 24.4. The van der Waals surface area contributed by atoms with Gasteiger partial charge in [-0.15, -0.1) is 0 Å². The van der Waals surface area contributed by atoms with Gasteiger partial charge >= 0.3 is 0 Å². The number of nitrogens with one attached hydrogen (secondary N) is 8. The van der Waals surface area contributed by atoms with Crippen LogP contribution in [0.2, 0.25) is 5.02 Å². The topological polar surface area (TPSA) is 327 Å². The van der Waals surface area contributed by atoms with Crippen LogP contribution in [0.3, 0.4) is 0 Å². The Bertz CT molecular complexity index is 2550. The van der Waals surface area contributed by atoms with E-state index < -0.39 is 77.5 Å². The minimum Gasteiger partial charge on any atom is -0.370 e. The molecule has 0 bridgehead atoms. The Kier molecular flexibility index (Phi) is 21.9. The number of aromatic amines is 1. The molecule has 0 radical (unpaired) electrons. The van der Waals surface area contributed by atoms with Gasteiger partial charge in [0.1, 0.15) is 30.2 Å². The zero-order valence-electron chi connectivity index (χ0n) is 40.5. The molecule has 21 heteroatoms. The molecule has 5 rings (SSSR count). The van der Waals surface area contributed by atoms with Crippen molar-refractivity contribution in [3.63, 3.8) is 0 Å². The maximum absolute atomic E-state index is 14.5. The number of nitrogens with two attached hydrogens (primary N) is 3. The molecule has 0 aliphatic carbocycles. The summed E-state index contributed by atoms with van der Waals surface area (Å²) in [4.78, 5) is 117. The van der Waals surface area contributed by atoms with Crippen LogP contribution in [0.1, 0.15) is 93.4 Å². The molecule has 1 aromatic heterocycles. The van der Waals surface area contributed by atoms with Crippen LogP contribution in [0.15, 0.2) is 84.0 Å². The Labute approximate surface area is 423 Å². The lowest BCUT2D eigenvalue weighted by molar-refractivity contribution is -0.134. The maximum Gasteiger partial charge on any atom is 0.243 e. The number of hydrogen-bond donors (Lipinski definition) is 11. The van der Waals surface area contributed by atoms with Crippen molar-refractivity contribution in [2.45, 2.75) is 127 Å². The third-order valence-electron chi connectivity index (χ3n) is 12.2. The number of nitrogens with zero attached hydrogens (tertiary/aromatic N) is 1. The summed E-state index contributed by atoms with van der Waals surface area (Å²) in [6, 6.07) is 15.3. The van der Waals surface area contributed by atoms with Crippen molar-refractivity contribution in [3.05, 3.63) is 106 Å². The Morgan fingerprint density at radius 1 is 0.736 bits per heavy atom. The molecule has 1 aliphatic heterocycles. The van der Waals surface area contributed by atoms with Crippen LogP contribution in [0.25, 0.3) is 10.9 Å². The van der Waals surface area contributed by atoms with E-state index in [2.05, 4.69) is 47.2 Å². The van der Waals surface area contributed by atoms with E-state index in [0.717, 1.165) is 17.3 Å². The van der Waals surface area contributed by atoms with Crippen LogP contribution < -0.4 is 54.4 Å². The van der Waals surface area contributed by atoms with Crippen LogP contribution >= 0.6 is 11.6 Å². The van der Waals surface area contributed by atoms with Gasteiger partial charge in [0.25, 0.3) is 0 Å². The zero-order valence-corrected chi connectivity index (χ0v) is 41.3. The first-order valence-corrected chi connectivity index (χ1v) is 24.7. The van der Waals surface area contributed by atoms with Gasteiger partial charge in [0.05, 0.1) is 6.42 Å². The molecule has 0 saturated carbocycles. The number of unbranched alkanes of at least 4 members (excludes halogenated alkanes) is 1. The van der Waals surface area contributed by atoms with Gasteiger partial charge in [-0.1, -0.05) is 85.6 Å². The molecule has 0 fully saturated rings. The summed E-state index contributed by atoms with van der Waals surface area (Å²) in [5.74, 6) is -5.19. The van der Waals surface area contributed by atoms with Crippen molar-refractivity contribution >= 4 is 75.7 Å². The lowest BCUT2D eigenvalue weighted by Gasteiger charge is -2.26. The fraction of sp³-hybridized carbons (Fsp3) is 0.431. The van der Waals surface area contributed by atoms with Crippen molar-refractivity contribution in [1.29, 1.82) is 0 Å². The fourth-order valence-electron chi connectivity index (χ4n) is 8.30. The summed E-state index contributed by atoms with van der Waals surface area (Å²) < 4.78 is 0. The van der Waals surface area contributed by atoms with E-state index in [1.807, 2.05) is 37.3 Å². The highest BCUT2D eigenvalue weighted by molar-refractivity contribution is 6.31. The lowest BCUT2D eigenvalue weighted by atomic mass is 10.0. The van der Waals surface area contributed by atoms with Crippen LogP contribution in [0.5, 0.6) is 0 Å². The van der Waals surface area contributed by atoms with Crippen molar-refractivity contribution in [3.8, 4) is 0 Å². The number of fused-ring (bicyclic) bond motifs is 2. The Hall–Kier alpha value is -7.48. The van der Waals surface area contributed by atoms with Gasteiger partial charge in [0.2, 0.25) is 47.3 Å². The second-order valence-electron chi connectivity index (χ2n) is 17.8. The van der Waals surface area contributed by atoms with Crippen LogP contribution in [0, 0.1) is 0 Å². The second kappa shape index (κ2) is 28.4. The van der Waals surface area contributed by atoms with Gasteiger partial charge < -0.3 is 59.4 Å². The SMILES string of the molecule is CCCCC(=O)N[C@H]1CC(=O)NCCCC[C@@H](C(N)=O)NC(=O)[C@H](Cc2c[nH]c3ccccc23)NC(=O)[C@H](CCCN=C(N)N)NC(=O)[C@@H](Cc2ccccc2)NC(=O)CCc2c(Cl)cccc2CNC1=O. The van der Waals surface area contributed by atoms with E-state index in [1.54, 1.807) is 48.7 Å². The smallest absolute Gasteiger partial charge is 0.243 e. The molecule has 0 spiro atoms. The fourth-order valence-corrected chi connectivity index (χ4v) is 8.58. The van der Waals surface area contributed by atoms with Crippen LogP contribution in [-0.4, -0.2) is 101 Å². The highest BCUT2D eigenvalue weighted by Gasteiger charge is 2.32. The number of benzene rings is 3. The normalized spacial score (nSPS) is 20.5. The predicted octanol–water partition coefficient (Wildman–Crippen LogP) is 1.70. The average molecular weight is 1010 g/mol. The van der Waals surface area contributed by atoms with Crippen LogP contribution in [0.4, 0.5) is 0 Å². The number of guanidine groups is 1. The summed E-state index contributed by atoms with van der Waals surface area (Å²) in [6.07, 6.45) is 3.78. The second-order valence-corrected chi connectivity index (χ2v) is 18.2. The molecule has 3 aromatic carbocycles. The summed E-state index contributed by atoms with van der Waals surface area (Å²) in [7, 11) is 0. The minimum absolute atomic E-state index is 0.0139. The molecular formula is C51H67ClN12O8. The highest BCUT2D eigenvalue weighted by Crippen LogP contribution is 2.23. The summed E-state index contributed by atoms with van der Waals surface area (Å²) in [6.45, 7) is 2.12. The number of aliphatic imine (C=N–C) groups is 1. The molecular weight excluding hydrogens is 944 g/mol. The van der Waals surface area contributed by atoms with Crippen molar-refractivity contribution in [2.24, 2.45) is 22.2 Å². The Morgan fingerprint density at radius 3 is 2.19 bits per heavy atom. The number of hydrogen-bond acceptors (Lipinski definition) is 9. The molecule has 386 valence electrons. The van der Waals surface area contributed by atoms with Gasteiger partial charge in [-0.2, -0.15) is 0 Å². The molecule has 8 amide bonds. The van der Waals surface area contributed by atoms with Crippen molar-refractivity contribution < 1.29 is 38.4 Å².